The maximum atomic E-state index is 9.09. The van der Waals surface area contributed by atoms with Crippen LogP contribution in [0.25, 0.3) is 10.4 Å². The Kier molecular flexibility index (Phi) is 6.39. The summed E-state index contributed by atoms with van der Waals surface area (Å²) in [6, 6.07) is 2.33. The summed E-state index contributed by atoms with van der Waals surface area (Å²) in [4.78, 5) is 2.69. The van der Waals surface area contributed by atoms with E-state index in [2.05, 4.69) is 21.4 Å². The van der Waals surface area contributed by atoms with Gasteiger partial charge >= 0.3 is 0 Å². The molecule has 88 valence electrons. The first kappa shape index (κ1) is 12.8. The summed E-state index contributed by atoms with van der Waals surface area (Å²) in [5.41, 5.74) is 8.11. The van der Waals surface area contributed by atoms with Gasteiger partial charge in [0.2, 0.25) is 0 Å². The van der Waals surface area contributed by atoms with E-state index in [0.29, 0.717) is 12.5 Å². The van der Waals surface area contributed by atoms with Crippen LogP contribution in [-0.4, -0.2) is 19.1 Å². The molecule has 0 amide bonds. The van der Waals surface area contributed by atoms with E-state index in [1.165, 1.54) is 32.1 Å². The Balaban J connectivity index is 2.20. The van der Waals surface area contributed by atoms with Crippen molar-refractivity contribution < 1.29 is 0 Å². The molecule has 0 spiro atoms. The van der Waals surface area contributed by atoms with Gasteiger partial charge in [0.1, 0.15) is 0 Å². The second-order valence-corrected chi connectivity index (χ2v) is 4.27. The summed E-state index contributed by atoms with van der Waals surface area (Å²) in [7, 11) is 0. The lowest BCUT2D eigenvalue weighted by molar-refractivity contribution is 0.305. The minimum absolute atomic E-state index is 0.0219. The smallest absolute Gasteiger partial charge is 0.0981 e. The van der Waals surface area contributed by atoms with Crippen LogP contribution in [0.15, 0.2) is 5.11 Å². The van der Waals surface area contributed by atoms with Crippen LogP contribution < -0.4 is 5.32 Å². The van der Waals surface area contributed by atoms with Crippen LogP contribution in [0.4, 0.5) is 0 Å². The first-order chi connectivity index (χ1) is 7.88. The molecule has 1 aliphatic rings. The molecule has 0 aromatic heterocycles. The van der Waals surface area contributed by atoms with Crippen molar-refractivity contribution in [2.75, 3.05) is 13.1 Å². The van der Waals surface area contributed by atoms with Crippen molar-refractivity contribution in [3.05, 3.63) is 10.4 Å². The maximum absolute atomic E-state index is 9.09. The Morgan fingerprint density at radius 3 is 2.81 bits per heavy atom. The molecule has 16 heavy (non-hydrogen) atoms. The van der Waals surface area contributed by atoms with Crippen LogP contribution in [0.5, 0.6) is 0 Å². The third-order valence-electron chi connectivity index (χ3n) is 3.12. The van der Waals surface area contributed by atoms with Crippen molar-refractivity contribution in [2.24, 2.45) is 11.0 Å². The Labute approximate surface area is 96.5 Å². The molecular weight excluding hydrogens is 202 g/mol. The van der Waals surface area contributed by atoms with Crippen molar-refractivity contribution in [1.29, 1.82) is 5.26 Å². The van der Waals surface area contributed by atoms with Crippen LogP contribution in [-0.2, 0) is 0 Å². The highest BCUT2D eigenvalue weighted by Crippen LogP contribution is 2.26. The quantitative estimate of drug-likeness (QED) is 0.323. The van der Waals surface area contributed by atoms with Crippen molar-refractivity contribution in [2.45, 2.75) is 44.6 Å². The highest BCUT2D eigenvalue weighted by molar-refractivity contribution is 4.95. The zero-order valence-corrected chi connectivity index (χ0v) is 9.60. The average Bonchev–Trinajstić information content (AvgIpc) is 2.35. The molecule has 0 aromatic carbocycles. The largest absolute Gasteiger partial charge is 0.302 e. The van der Waals surface area contributed by atoms with E-state index in [1.54, 1.807) is 0 Å². The predicted molar refractivity (Wildman–Crippen MR) is 62.6 cm³/mol. The molecule has 0 aromatic rings. The van der Waals surface area contributed by atoms with Gasteiger partial charge in [-0.15, -0.1) is 0 Å². The highest BCUT2D eigenvalue weighted by atomic mass is 15.1. The van der Waals surface area contributed by atoms with E-state index in [4.69, 9.17) is 10.8 Å². The Morgan fingerprint density at radius 2 is 2.19 bits per heavy atom. The van der Waals surface area contributed by atoms with Crippen LogP contribution in [0.1, 0.15) is 38.5 Å². The molecule has 0 radical (unpaired) electrons. The molecule has 1 atom stereocenters. The second kappa shape index (κ2) is 7.98. The van der Waals surface area contributed by atoms with E-state index in [-0.39, 0.29) is 6.04 Å². The molecule has 5 nitrogen and oxygen atoms in total. The molecule has 1 unspecified atom stereocenters. The van der Waals surface area contributed by atoms with Gasteiger partial charge in [-0.3, -0.25) is 0 Å². The predicted octanol–water partition coefficient (Wildman–Crippen LogP) is 2.75. The van der Waals surface area contributed by atoms with Crippen molar-refractivity contribution in [3.8, 4) is 6.07 Å². The summed E-state index contributed by atoms with van der Waals surface area (Å²) < 4.78 is 0. The third kappa shape index (κ3) is 4.52. The molecule has 1 N–H and O–H groups in total. The van der Waals surface area contributed by atoms with Gasteiger partial charge in [0.05, 0.1) is 12.1 Å². The number of nitrogens with zero attached hydrogens (tertiary/aromatic N) is 4. The van der Waals surface area contributed by atoms with Gasteiger partial charge in [0.15, 0.2) is 0 Å². The molecule has 0 bridgehead atoms. The van der Waals surface area contributed by atoms with E-state index in [9.17, 15) is 0 Å². The summed E-state index contributed by atoms with van der Waals surface area (Å²) in [6.07, 6.45) is 6.95. The number of rotatable bonds is 6. The standard InChI is InChI=1S/C11H19N5/c12-9-11(10-5-2-1-3-6-10)14-7-4-8-15-16-13/h10-11,14H,1-8H2. The number of hydrogen-bond acceptors (Lipinski definition) is 3. The monoisotopic (exact) mass is 221 g/mol. The van der Waals surface area contributed by atoms with Crippen LogP contribution in [0, 0.1) is 17.2 Å². The number of nitrogens with one attached hydrogen (secondary N) is 1. The summed E-state index contributed by atoms with van der Waals surface area (Å²) >= 11 is 0. The van der Waals surface area contributed by atoms with Crippen molar-refractivity contribution in [1.82, 2.24) is 5.32 Å². The van der Waals surface area contributed by atoms with E-state index in [1.807, 2.05) is 0 Å². The van der Waals surface area contributed by atoms with Gasteiger partial charge < -0.3 is 5.32 Å². The fourth-order valence-electron chi connectivity index (χ4n) is 2.24. The van der Waals surface area contributed by atoms with Crippen molar-refractivity contribution >= 4 is 0 Å². The normalized spacial score (nSPS) is 18.4. The SMILES string of the molecule is N#CC(NCCCN=[N+]=[N-])C1CCCCC1. The Bertz CT molecular complexity index is 271. The molecule has 1 rings (SSSR count). The van der Waals surface area contributed by atoms with Crippen LogP contribution >= 0.6 is 0 Å². The third-order valence-corrected chi connectivity index (χ3v) is 3.12. The molecule has 0 heterocycles. The first-order valence-corrected chi connectivity index (χ1v) is 6.02. The lowest BCUT2D eigenvalue weighted by Gasteiger charge is -2.26. The van der Waals surface area contributed by atoms with Gasteiger partial charge in [-0.25, -0.2) is 0 Å². The fourth-order valence-corrected chi connectivity index (χ4v) is 2.24. The topological polar surface area (TPSA) is 84.6 Å². The molecule has 0 aliphatic heterocycles. The Morgan fingerprint density at radius 1 is 1.44 bits per heavy atom. The van der Waals surface area contributed by atoms with Gasteiger partial charge in [-0.2, -0.15) is 5.26 Å². The fraction of sp³-hybridized carbons (Fsp3) is 0.909. The lowest BCUT2D eigenvalue weighted by atomic mass is 9.84. The average molecular weight is 221 g/mol. The molecular formula is C11H19N5. The van der Waals surface area contributed by atoms with Crippen LogP contribution in [0.3, 0.4) is 0 Å². The maximum Gasteiger partial charge on any atom is 0.0981 e. The lowest BCUT2D eigenvalue weighted by Crippen LogP contribution is -2.36. The molecule has 0 saturated heterocycles. The number of azide groups is 1. The van der Waals surface area contributed by atoms with Gasteiger partial charge in [0, 0.05) is 11.5 Å². The summed E-state index contributed by atoms with van der Waals surface area (Å²) in [5, 5.41) is 15.8. The number of hydrogen-bond donors (Lipinski definition) is 1. The van der Waals surface area contributed by atoms with E-state index >= 15 is 0 Å². The minimum Gasteiger partial charge on any atom is -0.302 e. The van der Waals surface area contributed by atoms with Crippen LogP contribution in [0.2, 0.25) is 0 Å². The molecule has 1 aliphatic carbocycles. The zero-order valence-electron chi connectivity index (χ0n) is 9.60. The van der Waals surface area contributed by atoms with E-state index in [0.717, 1.165) is 13.0 Å². The van der Waals surface area contributed by atoms with Gasteiger partial charge in [-0.1, -0.05) is 24.4 Å². The Hall–Kier alpha value is -1.24. The van der Waals surface area contributed by atoms with Gasteiger partial charge in [0.25, 0.3) is 0 Å². The first-order valence-electron chi connectivity index (χ1n) is 6.02. The van der Waals surface area contributed by atoms with Crippen molar-refractivity contribution in [3.63, 3.8) is 0 Å². The second-order valence-electron chi connectivity index (χ2n) is 4.27. The van der Waals surface area contributed by atoms with E-state index < -0.39 is 0 Å². The summed E-state index contributed by atoms with van der Waals surface area (Å²) in [5.74, 6) is 0.512. The minimum atomic E-state index is -0.0219. The molecule has 1 saturated carbocycles. The number of nitriles is 1. The summed E-state index contributed by atoms with van der Waals surface area (Å²) in [6.45, 7) is 1.26. The van der Waals surface area contributed by atoms with Gasteiger partial charge in [-0.05, 0) is 37.3 Å². The zero-order chi connectivity index (χ0) is 11.6. The molecule has 1 fully saturated rings. The molecule has 5 heteroatoms. The highest BCUT2D eigenvalue weighted by Gasteiger charge is 2.22.